The second kappa shape index (κ2) is 53.0. The van der Waals surface area contributed by atoms with Crippen LogP contribution >= 0.6 is 0 Å². The third-order valence-corrected chi connectivity index (χ3v) is 11.4. The molecule has 0 spiro atoms. The van der Waals surface area contributed by atoms with Crippen LogP contribution in [0.4, 0.5) is 0 Å². The Morgan fingerprint density at radius 1 is 0.463 bits per heavy atom. The Balaban J connectivity index is 4.76. The van der Waals surface area contributed by atoms with Gasteiger partial charge in [0.2, 0.25) is 5.91 Å². The molecule has 0 bridgehead atoms. The van der Waals surface area contributed by atoms with Gasteiger partial charge in [0.15, 0.2) is 0 Å². The minimum atomic E-state index is -0.829. The molecule has 0 radical (unpaired) electrons. The molecule has 0 aliphatic rings. The van der Waals surface area contributed by atoms with E-state index in [0.717, 1.165) is 77.0 Å². The zero-order valence-electron chi connectivity index (χ0n) is 43.0. The molecular weight excluding hydrogens is 827 g/mol. The molecule has 6 heteroatoms. The van der Waals surface area contributed by atoms with Crippen LogP contribution in [-0.2, 0) is 14.3 Å². The Hall–Kier alpha value is -4.00. The molecule has 0 saturated carbocycles. The van der Waals surface area contributed by atoms with E-state index in [4.69, 9.17) is 4.74 Å². The lowest BCUT2D eigenvalue weighted by molar-refractivity contribution is -0.150. The highest BCUT2D eigenvalue weighted by molar-refractivity contribution is 5.77. The number of hydrogen-bond donors (Lipinski definition) is 3. The first-order valence-corrected chi connectivity index (χ1v) is 27.0. The zero-order valence-corrected chi connectivity index (χ0v) is 43.0. The topological polar surface area (TPSA) is 95.9 Å². The molecular formula is C61H99NO5. The highest BCUT2D eigenvalue weighted by atomic mass is 16.5. The Bertz CT molecular complexity index is 1460. The van der Waals surface area contributed by atoms with Crippen molar-refractivity contribution in [2.75, 3.05) is 6.61 Å². The van der Waals surface area contributed by atoms with Crippen LogP contribution in [0, 0.1) is 0 Å². The highest BCUT2D eigenvalue weighted by Gasteiger charge is 2.23. The smallest absolute Gasteiger partial charge is 0.306 e. The SMILES string of the molecule is CC/C=C\C/C=C\C/C=C\C/C=C\C/C=C\C/C=C\CCC(=O)OC(CCC/C=C/C=C\C=C/C=C/C=C/CC)CC(=O)NC(CO)C(O)CCCCCCCCCCCCCCCCCC. The predicted octanol–water partition coefficient (Wildman–Crippen LogP) is 16.6. The molecule has 3 unspecified atom stereocenters. The first-order valence-electron chi connectivity index (χ1n) is 27.0. The molecule has 0 saturated heterocycles. The fourth-order valence-corrected chi connectivity index (χ4v) is 7.36. The summed E-state index contributed by atoms with van der Waals surface area (Å²) in [5, 5.41) is 23.8. The number of hydrogen-bond acceptors (Lipinski definition) is 5. The third kappa shape index (κ3) is 48.3. The first-order chi connectivity index (χ1) is 33.0. The molecule has 3 atom stereocenters. The summed E-state index contributed by atoms with van der Waals surface area (Å²) in [4.78, 5) is 26.1. The van der Waals surface area contributed by atoms with Gasteiger partial charge in [0.1, 0.15) is 6.10 Å². The molecule has 0 aromatic heterocycles. The Labute approximate surface area is 412 Å². The van der Waals surface area contributed by atoms with Gasteiger partial charge in [-0.2, -0.15) is 0 Å². The number of unbranched alkanes of at least 4 members (excludes halogenated alkanes) is 16. The molecule has 0 aliphatic carbocycles. The number of rotatable bonds is 46. The van der Waals surface area contributed by atoms with Crippen molar-refractivity contribution in [3.8, 4) is 0 Å². The lowest BCUT2D eigenvalue weighted by atomic mass is 10.0. The van der Waals surface area contributed by atoms with E-state index in [2.05, 4.69) is 105 Å². The van der Waals surface area contributed by atoms with E-state index in [1.807, 2.05) is 54.7 Å². The number of esters is 1. The van der Waals surface area contributed by atoms with Crippen LogP contribution in [0.2, 0.25) is 0 Å². The fourth-order valence-electron chi connectivity index (χ4n) is 7.36. The van der Waals surface area contributed by atoms with E-state index in [-0.39, 0.29) is 31.3 Å². The van der Waals surface area contributed by atoms with Gasteiger partial charge in [0.25, 0.3) is 0 Å². The predicted molar refractivity (Wildman–Crippen MR) is 291 cm³/mol. The average molecular weight is 926 g/mol. The summed E-state index contributed by atoms with van der Waals surface area (Å²) in [7, 11) is 0. The third-order valence-electron chi connectivity index (χ3n) is 11.4. The van der Waals surface area contributed by atoms with Gasteiger partial charge in [0, 0.05) is 6.42 Å². The average Bonchev–Trinajstić information content (AvgIpc) is 3.32. The summed E-state index contributed by atoms with van der Waals surface area (Å²) in [5.74, 6) is -0.659. The van der Waals surface area contributed by atoms with Crippen molar-refractivity contribution < 1.29 is 24.5 Å². The van der Waals surface area contributed by atoms with Crippen LogP contribution in [0.3, 0.4) is 0 Å². The van der Waals surface area contributed by atoms with E-state index in [1.165, 1.54) is 83.5 Å². The molecule has 0 aromatic carbocycles. The van der Waals surface area contributed by atoms with Crippen LogP contribution in [-0.4, -0.2) is 46.9 Å². The molecule has 6 nitrogen and oxygen atoms in total. The van der Waals surface area contributed by atoms with Crippen LogP contribution in [0.25, 0.3) is 0 Å². The Kier molecular flexibility index (Phi) is 49.8. The molecule has 1 amide bonds. The highest BCUT2D eigenvalue weighted by Crippen LogP contribution is 2.16. The van der Waals surface area contributed by atoms with Crippen molar-refractivity contribution in [3.05, 3.63) is 134 Å². The molecule has 0 rings (SSSR count). The first kappa shape index (κ1) is 63.0. The van der Waals surface area contributed by atoms with Crippen molar-refractivity contribution in [1.29, 1.82) is 0 Å². The maximum Gasteiger partial charge on any atom is 0.306 e. The van der Waals surface area contributed by atoms with Crippen LogP contribution < -0.4 is 5.32 Å². The monoisotopic (exact) mass is 926 g/mol. The number of ether oxygens (including phenoxy) is 1. The van der Waals surface area contributed by atoms with Crippen LogP contribution in [0.5, 0.6) is 0 Å². The molecule has 3 N–H and O–H groups in total. The van der Waals surface area contributed by atoms with Crippen LogP contribution in [0.15, 0.2) is 134 Å². The second-order valence-electron chi connectivity index (χ2n) is 17.6. The summed E-state index contributed by atoms with van der Waals surface area (Å²) in [5.41, 5.74) is 0. The molecule has 0 heterocycles. The minimum absolute atomic E-state index is 0.0106. The van der Waals surface area contributed by atoms with Crippen molar-refractivity contribution in [2.45, 2.75) is 232 Å². The number of nitrogens with one attached hydrogen (secondary N) is 1. The van der Waals surface area contributed by atoms with Gasteiger partial charge in [-0.05, 0) is 77.0 Å². The lowest BCUT2D eigenvalue weighted by Crippen LogP contribution is -2.46. The summed E-state index contributed by atoms with van der Waals surface area (Å²) in [6.45, 7) is 6.18. The van der Waals surface area contributed by atoms with E-state index in [0.29, 0.717) is 19.3 Å². The Morgan fingerprint density at radius 3 is 1.34 bits per heavy atom. The van der Waals surface area contributed by atoms with Gasteiger partial charge in [0.05, 0.1) is 25.2 Å². The second-order valence-corrected chi connectivity index (χ2v) is 17.6. The number of amides is 1. The quantitative estimate of drug-likeness (QED) is 0.0245. The minimum Gasteiger partial charge on any atom is -0.462 e. The van der Waals surface area contributed by atoms with E-state index >= 15 is 0 Å². The molecule has 0 fully saturated rings. The molecule has 67 heavy (non-hydrogen) atoms. The van der Waals surface area contributed by atoms with Gasteiger partial charge < -0.3 is 20.3 Å². The van der Waals surface area contributed by atoms with Crippen molar-refractivity contribution >= 4 is 11.9 Å². The van der Waals surface area contributed by atoms with E-state index < -0.39 is 18.2 Å². The van der Waals surface area contributed by atoms with Gasteiger partial charge in [-0.1, -0.05) is 257 Å². The van der Waals surface area contributed by atoms with Gasteiger partial charge in [-0.15, -0.1) is 0 Å². The summed E-state index contributed by atoms with van der Waals surface area (Å²) < 4.78 is 5.86. The number of allylic oxidation sites excluding steroid dienone is 22. The molecule has 0 aliphatic heterocycles. The van der Waals surface area contributed by atoms with Crippen molar-refractivity contribution in [3.63, 3.8) is 0 Å². The maximum absolute atomic E-state index is 13.2. The van der Waals surface area contributed by atoms with Crippen molar-refractivity contribution in [2.24, 2.45) is 0 Å². The van der Waals surface area contributed by atoms with E-state index in [1.54, 1.807) is 0 Å². The number of carbonyl (C=O) groups is 2. The lowest BCUT2D eigenvalue weighted by Gasteiger charge is -2.24. The van der Waals surface area contributed by atoms with Crippen LogP contribution in [0.1, 0.15) is 213 Å². The Morgan fingerprint density at radius 2 is 0.881 bits per heavy atom. The molecule has 378 valence electrons. The number of aliphatic hydroxyl groups excluding tert-OH is 2. The maximum atomic E-state index is 13.2. The zero-order chi connectivity index (χ0) is 48.8. The normalized spacial score (nSPS) is 14.3. The summed E-state index contributed by atoms with van der Waals surface area (Å²) in [6, 6.07) is -0.750. The largest absolute Gasteiger partial charge is 0.462 e. The summed E-state index contributed by atoms with van der Waals surface area (Å²) >= 11 is 0. The standard InChI is InChI=1S/C61H99NO5/c1-4-7-10-13-16-19-22-25-27-29-30-31-33-36-39-42-45-48-51-54-61(66)67-57(52-49-46-43-40-37-34-24-21-18-15-12-9-6-3)55-60(65)62-58(56-63)59(64)53-50-47-44-41-38-35-32-28-26-23-20-17-14-11-8-5-2/h7,9-10,12,15-16,18-19,21,24-25,27,30-31,34,36-37,39-40,43,45,48,57-59,63-64H,4-6,8,11,13-14,17,20,22-23,26,28-29,32-33,35,38,41-42,44,46-47,49-56H2,1-3H3,(H,62,65)/b10-7-,12-9+,18-15+,19-16-,24-21-,27-25-,31-30-,37-34-,39-36-,43-40+,48-45-. The number of aliphatic hydroxyl groups is 2. The fraction of sp³-hybridized carbons (Fsp3) is 0.607. The van der Waals surface area contributed by atoms with Gasteiger partial charge in [-0.3, -0.25) is 9.59 Å². The number of carbonyl (C=O) groups excluding carboxylic acids is 2. The van der Waals surface area contributed by atoms with Gasteiger partial charge in [-0.25, -0.2) is 0 Å². The van der Waals surface area contributed by atoms with Crippen molar-refractivity contribution in [1.82, 2.24) is 5.32 Å². The van der Waals surface area contributed by atoms with Gasteiger partial charge >= 0.3 is 5.97 Å². The summed E-state index contributed by atoms with van der Waals surface area (Å²) in [6.07, 6.45) is 75.3. The van der Waals surface area contributed by atoms with E-state index in [9.17, 15) is 19.8 Å². The molecule has 0 aromatic rings.